The van der Waals surface area contributed by atoms with Gasteiger partial charge >= 0.3 is 75.0 Å². The summed E-state index contributed by atoms with van der Waals surface area (Å²) < 4.78 is 5.83. The first-order chi connectivity index (χ1) is 9.57. The van der Waals surface area contributed by atoms with E-state index in [1.807, 2.05) is 0 Å². The van der Waals surface area contributed by atoms with E-state index in [4.69, 9.17) is 180 Å². The van der Waals surface area contributed by atoms with E-state index in [2.05, 4.69) is 13.5 Å². The molecule has 0 aromatic rings. The first kappa shape index (κ1) is 32.4. The van der Waals surface area contributed by atoms with Crippen molar-refractivity contribution in [3.63, 3.8) is 0 Å². The molecule has 0 saturated carbocycles. The second kappa shape index (κ2) is 9.99. The fourth-order valence-electron chi connectivity index (χ4n) is 0.409. The Morgan fingerprint density at radius 1 is 0.583 bits per heavy atom. The molecular weight excluding hydrogens is 764 g/mol. The quantitative estimate of drug-likeness (QED) is 0.257. The Bertz CT molecular complexity index is 576. The molecule has 0 rings (SSSR count). The van der Waals surface area contributed by atoms with E-state index >= 15 is 0 Å². The summed E-state index contributed by atoms with van der Waals surface area (Å²) in [5.74, 6) is -6.78. The molecule has 0 N–H and O–H groups in total. The molecule has 0 aliphatic carbocycles. The Hall–Kier alpha value is 6.19. The van der Waals surface area contributed by atoms with Crippen molar-refractivity contribution in [2.24, 2.45) is 13.5 Å². The van der Waals surface area contributed by atoms with Crippen LogP contribution in [0.25, 0.3) is 0 Å². The zero-order valence-electron chi connectivity index (χ0n) is 9.63. The molecule has 0 amide bonds. The van der Waals surface area contributed by atoms with Crippen LogP contribution in [0.5, 0.6) is 0 Å². The number of hydrogen-bond donors (Lipinski definition) is 0. The molecule has 0 radical (unpaired) electrons. The normalized spacial score (nSPS) is 17.0. The summed E-state index contributed by atoms with van der Waals surface area (Å²) in [5, 5.41) is -3.17. The third-order valence-corrected chi connectivity index (χ3v) is 14.2. The second-order valence-corrected chi connectivity index (χ2v) is 52.2. The molecule has 0 saturated heterocycles. The molecule has 0 aliphatic heterocycles. The number of hydrogen-bond acceptors (Lipinski definition) is 1. The zero-order valence-corrected chi connectivity index (χ0v) is 26.2. The maximum absolute atomic E-state index is 5.73. The fraction of sp³-hybridized carbons (Fsp3) is 0. The van der Waals surface area contributed by atoms with E-state index in [0.717, 1.165) is 0 Å². The van der Waals surface area contributed by atoms with Gasteiger partial charge in [0, 0.05) is 0 Å². The molecule has 0 aromatic carbocycles. The van der Waals surface area contributed by atoms with Gasteiger partial charge in [-0.3, -0.25) is 0 Å². The molecule has 24 heteroatoms. The standard InChI is InChI=1S/Cl10N3P4.Cl6P/c1-14(2,3)11-16(7,8)13-17(9,10)12-15(4,5)6;1-7(2,3,4,5)6/q+1;-1. The third kappa shape index (κ3) is 35.6. The van der Waals surface area contributed by atoms with Gasteiger partial charge in [0.2, 0.25) is 5.11 Å². The van der Waals surface area contributed by atoms with Gasteiger partial charge in [-0.2, -0.15) is 9.03 Å². The van der Waals surface area contributed by atoms with Crippen LogP contribution in [0.3, 0.4) is 0 Å². The van der Waals surface area contributed by atoms with Crippen molar-refractivity contribution < 1.29 is 0 Å². The van der Waals surface area contributed by atoms with Gasteiger partial charge in [-0.25, -0.2) is 0 Å². The fourth-order valence-corrected chi connectivity index (χ4v) is 21.8. The second-order valence-electron chi connectivity index (χ2n) is 2.97. The van der Waals surface area contributed by atoms with E-state index in [-0.39, 0.29) is 0 Å². The van der Waals surface area contributed by atoms with Crippen LogP contribution < -0.4 is 0 Å². The molecule has 0 heterocycles. The molecule has 0 spiro atoms. The van der Waals surface area contributed by atoms with Crippen LogP contribution in [0.1, 0.15) is 0 Å². The molecule has 24 heavy (non-hydrogen) atoms. The topological polar surface area (TPSA) is 37.1 Å². The van der Waals surface area contributed by atoms with Crippen molar-refractivity contribution in [3.8, 4) is 0 Å². The predicted octanol–water partition coefficient (Wildman–Crippen LogP) is 15.9. The SMILES string of the molecule is ClP(Cl)(Cl)=NP(Cl)(Cl)=NP(Cl)(Cl)=N[P+](Cl)(Cl)Cl.Cl[P-](Cl)(Cl)(Cl)(Cl)Cl. The van der Waals surface area contributed by atoms with Crippen LogP contribution in [0.2, 0.25) is 0 Å². The Morgan fingerprint density at radius 3 is 1.08 bits per heavy atom. The Kier molecular flexibility index (Phi) is 13.5. The monoisotopic (exact) mass is 756 g/mol. The van der Waals surface area contributed by atoms with Crippen molar-refractivity contribution in [1.82, 2.24) is 0 Å². The molecule has 0 bridgehead atoms. The van der Waals surface area contributed by atoms with Gasteiger partial charge < -0.3 is 0 Å². The summed E-state index contributed by atoms with van der Waals surface area (Å²) in [6, 6.07) is 0. The summed E-state index contributed by atoms with van der Waals surface area (Å²) >= 11 is 85.8. The van der Waals surface area contributed by atoms with Crippen LogP contribution in [-0.2, 0) is 0 Å². The summed E-state index contributed by atoms with van der Waals surface area (Å²) in [7, 11) is 0. The molecule has 0 unspecified atom stereocenters. The van der Waals surface area contributed by atoms with Crippen molar-refractivity contribution in [1.29, 1.82) is 0 Å². The van der Waals surface area contributed by atoms with E-state index < -0.39 is 24.5 Å². The van der Waals surface area contributed by atoms with Crippen LogP contribution in [0, 0.1) is 0 Å². The number of nitrogens with zero attached hydrogens (tertiary/aromatic N) is 3. The molecule has 0 fully saturated rings. The van der Waals surface area contributed by atoms with Crippen LogP contribution >= 0.6 is 204 Å². The van der Waals surface area contributed by atoms with Gasteiger partial charge in [0.25, 0.3) is 11.8 Å². The van der Waals surface area contributed by atoms with Crippen molar-refractivity contribution in [2.45, 2.75) is 0 Å². The third-order valence-electron chi connectivity index (χ3n) is 0.633. The predicted molar refractivity (Wildman–Crippen MR) is 136 cm³/mol. The van der Waals surface area contributed by atoms with Gasteiger partial charge in [-0.05, 0) is 83.2 Å². The first-order valence-electron chi connectivity index (χ1n) is 3.90. The van der Waals surface area contributed by atoms with Crippen LogP contribution in [-0.4, -0.2) is 0 Å². The van der Waals surface area contributed by atoms with Gasteiger partial charge in [0.1, 0.15) is 0 Å². The molecular formula is Cl16N3P5. The van der Waals surface area contributed by atoms with E-state index in [1.165, 1.54) is 0 Å². The van der Waals surface area contributed by atoms with Crippen LogP contribution in [0.15, 0.2) is 13.5 Å². The van der Waals surface area contributed by atoms with E-state index in [1.54, 1.807) is 0 Å². The van der Waals surface area contributed by atoms with Crippen molar-refractivity contribution >= 4 is 204 Å². The summed E-state index contributed by atoms with van der Waals surface area (Å²) in [4.78, 5) is 0. The van der Waals surface area contributed by atoms with E-state index in [9.17, 15) is 0 Å². The van der Waals surface area contributed by atoms with Crippen molar-refractivity contribution in [2.75, 3.05) is 0 Å². The van der Waals surface area contributed by atoms with Gasteiger partial charge in [0.05, 0.1) is 0 Å². The summed E-state index contributed by atoms with van der Waals surface area (Å²) in [6.07, 6.45) is 0. The molecule has 152 valence electrons. The zero-order chi connectivity index (χ0) is 20.5. The molecule has 0 aromatic heterocycles. The Morgan fingerprint density at radius 2 is 0.875 bits per heavy atom. The van der Waals surface area contributed by atoms with Gasteiger partial charge in [0.15, 0.2) is 33.7 Å². The van der Waals surface area contributed by atoms with Gasteiger partial charge in [-0.15, -0.1) is 0 Å². The molecule has 0 aliphatic rings. The first-order valence-corrected chi connectivity index (χ1v) is 27.9. The number of halogens is 16. The average molecular weight is 764 g/mol. The Balaban J connectivity index is 0. The molecule has 3 nitrogen and oxygen atoms in total. The number of rotatable bonds is 3. The van der Waals surface area contributed by atoms with Gasteiger partial charge in [-0.1, -0.05) is 0 Å². The average Bonchev–Trinajstić information content (AvgIpc) is 1.78. The van der Waals surface area contributed by atoms with Crippen LogP contribution in [0.4, 0.5) is 0 Å². The minimum absolute atomic E-state index is 3.17. The maximum atomic E-state index is 5.73. The molecule has 0 atom stereocenters. The Labute approximate surface area is 214 Å². The van der Waals surface area contributed by atoms with E-state index in [0.29, 0.717) is 0 Å². The summed E-state index contributed by atoms with van der Waals surface area (Å²) in [5.41, 5.74) is -3.17. The van der Waals surface area contributed by atoms with Crippen molar-refractivity contribution in [3.05, 3.63) is 0 Å². The minimum atomic E-state index is -4.82. The summed E-state index contributed by atoms with van der Waals surface area (Å²) in [6.45, 7) is 0.